The van der Waals surface area contributed by atoms with Gasteiger partial charge in [-0.3, -0.25) is 9.20 Å². The molecular formula is C15H14N2O3S. The predicted octanol–water partition coefficient (Wildman–Crippen LogP) is 3.01. The van der Waals surface area contributed by atoms with Crippen molar-refractivity contribution in [2.75, 3.05) is 7.11 Å². The fraction of sp³-hybridized carbons (Fsp3) is 0.200. The summed E-state index contributed by atoms with van der Waals surface area (Å²) < 4.78 is 7.17. The first kappa shape index (κ1) is 13.6. The highest BCUT2D eigenvalue weighted by Crippen LogP contribution is 2.30. The minimum absolute atomic E-state index is 0.0410. The van der Waals surface area contributed by atoms with E-state index in [1.165, 1.54) is 11.3 Å². The second-order valence-electron chi connectivity index (χ2n) is 4.69. The van der Waals surface area contributed by atoms with Crippen molar-refractivity contribution in [1.29, 1.82) is 0 Å². The van der Waals surface area contributed by atoms with Crippen molar-refractivity contribution in [3.05, 3.63) is 41.0 Å². The van der Waals surface area contributed by atoms with E-state index in [0.29, 0.717) is 0 Å². The van der Waals surface area contributed by atoms with Crippen LogP contribution in [0.15, 0.2) is 29.6 Å². The number of aromatic nitrogens is 2. The van der Waals surface area contributed by atoms with E-state index in [-0.39, 0.29) is 6.42 Å². The van der Waals surface area contributed by atoms with E-state index in [1.54, 1.807) is 7.11 Å². The molecule has 21 heavy (non-hydrogen) atoms. The van der Waals surface area contributed by atoms with Crippen LogP contribution in [0.4, 0.5) is 0 Å². The molecule has 3 rings (SSSR count). The molecule has 0 amide bonds. The standard InChI is InChI=1S/C15H14N2O3S/c1-9-12(7-14(18)19)17-13(8-21-15(17)16-9)10-4-3-5-11(6-10)20-2/h3-6,8H,7H2,1-2H3,(H,18,19). The van der Waals surface area contributed by atoms with Gasteiger partial charge in [0, 0.05) is 10.9 Å². The minimum atomic E-state index is -0.859. The number of rotatable bonds is 4. The van der Waals surface area contributed by atoms with Gasteiger partial charge in [0.15, 0.2) is 4.96 Å². The molecule has 0 unspecified atom stereocenters. The van der Waals surface area contributed by atoms with Crippen LogP contribution in [0.1, 0.15) is 11.4 Å². The Morgan fingerprint density at radius 2 is 2.29 bits per heavy atom. The number of ether oxygens (including phenoxy) is 1. The maximum absolute atomic E-state index is 11.1. The lowest BCUT2D eigenvalue weighted by atomic mass is 10.1. The Kier molecular flexibility index (Phi) is 3.39. The number of imidazole rings is 1. The van der Waals surface area contributed by atoms with Crippen LogP contribution in [-0.4, -0.2) is 27.6 Å². The van der Waals surface area contributed by atoms with Gasteiger partial charge in [-0.2, -0.15) is 0 Å². The van der Waals surface area contributed by atoms with Gasteiger partial charge in [0.25, 0.3) is 0 Å². The van der Waals surface area contributed by atoms with Gasteiger partial charge in [0.05, 0.1) is 30.6 Å². The summed E-state index contributed by atoms with van der Waals surface area (Å²) in [5.74, 6) is -0.0915. The van der Waals surface area contributed by atoms with Crippen LogP contribution >= 0.6 is 11.3 Å². The maximum Gasteiger partial charge on any atom is 0.309 e. The Morgan fingerprint density at radius 1 is 1.48 bits per heavy atom. The second-order valence-corrected chi connectivity index (χ2v) is 5.52. The first-order valence-electron chi connectivity index (χ1n) is 6.42. The topological polar surface area (TPSA) is 63.8 Å². The Hall–Kier alpha value is -2.34. The molecule has 2 aromatic heterocycles. The van der Waals surface area contributed by atoms with Crippen LogP contribution in [0, 0.1) is 6.92 Å². The maximum atomic E-state index is 11.1. The third kappa shape index (κ3) is 2.38. The number of thiazole rings is 1. The van der Waals surface area contributed by atoms with E-state index < -0.39 is 5.97 Å². The number of hydrogen-bond donors (Lipinski definition) is 1. The fourth-order valence-electron chi connectivity index (χ4n) is 2.35. The molecule has 0 saturated carbocycles. The molecule has 0 radical (unpaired) electrons. The van der Waals surface area contributed by atoms with Gasteiger partial charge in [-0.05, 0) is 19.1 Å². The molecule has 0 aliphatic heterocycles. The fourth-order valence-corrected chi connectivity index (χ4v) is 3.32. The first-order valence-corrected chi connectivity index (χ1v) is 7.29. The average molecular weight is 302 g/mol. The zero-order valence-corrected chi connectivity index (χ0v) is 12.5. The highest BCUT2D eigenvalue weighted by Gasteiger charge is 2.17. The summed E-state index contributed by atoms with van der Waals surface area (Å²) in [5.41, 5.74) is 3.39. The van der Waals surface area contributed by atoms with E-state index >= 15 is 0 Å². The van der Waals surface area contributed by atoms with Crippen LogP contribution in [0.2, 0.25) is 0 Å². The van der Waals surface area contributed by atoms with Crippen LogP contribution in [0.5, 0.6) is 5.75 Å². The SMILES string of the molecule is COc1cccc(-c2csc3nc(C)c(CC(=O)O)n23)c1. The lowest BCUT2D eigenvalue weighted by Crippen LogP contribution is -2.05. The number of nitrogens with zero attached hydrogens (tertiary/aromatic N) is 2. The summed E-state index contributed by atoms with van der Waals surface area (Å²) in [5, 5.41) is 11.1. The molecule has 0 aliphatic rings. The molecule has 1 aromatic carbocycles. The summed E-state index contributed by atoms with van der Waals surface area (Å²) in [6, 6.07) is 7.70. The van der Waals surface area contributed by atoms with Gasteiger partial charge in [-0.1, -0.05) is 12.1 Å². The van der Waals surface area contributed by atoms with Crippen molar-refractivity contribution in [3.63, 3.8) is 0 Å². The average Bonchev–Trinajstić information content (AvgIpc) is 2.99. The number of hydrogen-bond acceptors (Lipinski definition) is 4. The Morgan fingerprint density at radius 3 is 3.00 bits per heavy atom. The number of benzene rings is 1. The molecule has 3 aromatic rings. The Bertz CT molecular complexity index is 820. The van der Waals surface area contributed by atoms with Crippen molar-refractivity contribution in [2.24, 2.45) is 0 Å². The third-order valence-electron chi connectivity index (χ3n) is 3.34. The minimum Gasteiger partial charge on any atom is -0.497 e. The van der Waals surface area contributed by atoms with Crippen molar-refractivity contribution in [2.45, 2.75) is 13.3 Å². The molecule has 2 heterocycles. The van der Waals surface area contributed by atoms with Gasteiger partial charge in [0.2, 0.25) is 0 Å². The van der Waals surface area contributed by atoms with Crippen molar-refractivity contribution in [1.82, 2.24) is 9.38 Å². The lowest BCUT2D eigenvalue weighted by Gasteiger charge is -2.06. The Balaban J connectivity index is 2.20. The number of carboxylic acid groups (broad SMARTS) is 1. The van der Waals surface area contributed by atoms with E-state index in [0.717, 1.165) is 33.4 Å². The monoisotopic (exact) mass is 302 g/mol. The third-order valence-corrected chi connectivity index (χ3v) is 4.17. The van der Waals surface area contributed by atoms with Crippen LogP contribution in [-0.2, 0) is 11.2 Å². The molecule has 108 valence electrons. The summed E-state index contributed by atoms with van der Waals surface area (Å²) in [6.45, 7) is 1.84. The molecule has 6 heteroatoms. The Labute approximate surface area is 125 Å². The predicted molar refractivity (Wildman–Crippen MR) is 81.1 cm³/mol. The van der Waals surface area contributed by atoms with E-state index in [9.17, 15) is 4.79 Å². The zero-order valence-electron chi connectivity index (χ0n) is 11.7. The molecular weight excluding hydrogens is 288 g/mol. The number of aryl methyl sites for hydroxylation is 1. The van der Waals surface area contributed by atoms with Crippen molar-refractivity contribution >= 4 is 22.3 Å². The van der Waals surface area contributed by atoms with Crippen LogP contribution < -0.4 is 4.74 Å². The number of carbonyl (C=O) groups is 1. The smallest absolute Gasteiger partial charge is 0.309 e. The van der Waals surface area contributed by atoms with Gasteiger partial charge < -0.3 is 9.84 Å². The number of fused-ring (bicyclic) bond motifs is 1. The highest BCUT2D eigenvalue weighted by molar-refractivity contribution is 7.15. The number of methoxy groups -OCH3 is 1. The molecule has 1 N–H and O–H groups in total. The van der Waals surface area contributed by atoms with Crippen LogP contribution in [0.3, 0.4) is 0 Å². The molecule has 5 nitrogen and oxygen atoms in total. The van der Waals surface area contributed by atoms with E-state index in [2.05, 4.69) is 4.98 Å². The summed E-state index contributed by atoms with van der Waals surface area (Å²) in [6.07, 6.45) is -0.0410. The molecule has 0 fully saturated rings. The van der Waals surface area contributed by atoms with Gasteiger partial charge >= 0.3 is 5.97 Å². The van der Waals surface area contributed by atoms with E-state index in [4.69, 9.17) is 9.84 Å². The number of aliphatic carboxylic acids is 1. The summed E-state index contributed by atoms with van der Waals surface area (Å²) in [7, 11) is 1.62. The summed E-state index contributed by atoms with van der Waals surface area (Å²) >= 11 is 1.50. The molecule has 0 spiro atoms. The summed E-state index contributed by atoms with van der Waals surface area (Å²) in [4.78, 5) is 16.3. The van der Waals surface area contributed by atoms with Crippen molar-refractivity contribution in [3.8, 4) is 17.0 Å². The number of carboxylic acids is 1. The molecule has 0 atom stereocenters. The first-order chi connectivity index (χ1) is 10.1. The van der Waals surface area contributed by atoms with Gasteiger partial charge in [0.1, 0.15) is 5.75 Å². The quantitative estimate of drug-likeness (QED) is 0.804. The lowest BCUT2D eigenvalue weighted by molar-refractivity contribution is -0.136. The molecule has 0 saturated heterocycles. The normalized spacial score (nSPS) is 11.0. The molecule has 0 bridgehead atoms. The van der Waals surface area contributed by atoms with Crippen LogP contribution in [0.25, 0.3) is 16.2 Å². The molecule has 0 aliphatic carbocycles. The zero-order chi connectivity index (χ0) is 15.0. The second kappa shape index (κ2) is 5.21. The van der Waals surface area contributed by atoms with Gasteiger partial charge in [-0.15, -0.1) is 11.3 Å². The van der Waals surface area contributed by atoms with Gasteiger partial charge in [-0.25, -0.2) is 4.98 Å². The highest BCUT2D eigenvalue weighted by atomic mass is 32.1. The largest absolute Gasteiger partial charge is 0.497 e. The van der Waals surface area contributed by atoms with Crippen molar-refractivity contribution < 1.29 is 14.6 Å². The van der Waals surface area contributed by atoms with E-state index in [1.807, 2.05) is 41.0 Å².